The summed E-state index contributed by atoms with van der Waals surface area (Å²) in [5.74, 6) is -3.81. The highest BCUT2D eigenvalue weighted by molar-refractivity contribution is 5.75. The van der Waals surface area contributed by atoms with Gasteiger partial charge in [0, 0.05) is 20.8 Å². The van der Waals surface area contributed by atoms with Gasteiger partial charge in [0.1, 0.15) is 12.1 Å². The molecule has 158 valence electrons. The summed E-state index contributed by atoms with van der Waals surface area (Å²) in [6, 6.07) is 7.80. The monoisotopic (exact) mass is 408 g/mol. The van der Waals surface area contributed by atoms with Crippen LogP contribution < -0.4 is 10.4 Å². The van der Waals surface area contributed by atoms with Gasteiger partial charge in [-0.05, 0) is 5.56 Å². The first kappa shape index (κ1) is 22.3. The van der Waals surface area contributed by atoms with Crippen molar-refractivity contribution in [3.05, 3.63) is 35.9 Å². The Morgan fingerprint density at radius 1 is 1.00 bits per heavy atom. The van der Waals surface area contributed by atoms with Crippen LogP contribution in [-0.4, -0.2) is 54.5 Å². The number of carbonyl (C=O) groups is 4. The summed E-state index contributed by atoms with van der Waals surface area (Å²) in [4.78, 5) is 46.4. The van der Waals surface area contributed by atoms with Gasteiger partial charge in [0.2, 0.25) is 5.91 Å². The SMILES string of the molecule is CC(=O)N[C@H]1[C@H](OCc2ccccc2)O[C@@H](C(=O)[O-])[C@@H](OC(C)=O)[C@@H]1OC(C)=O. The van der Waals surface area contributed by atoms with Crippen molar-refractivity contribution < 1.29 is 43.2 Å². The molecule has 1 N–H and O–H groups in total. The zero-order chi connectivity index (χ0) is 21.6. The number of ether oxygens (including phenoxy) is 4. The highest BCUT2D eigenvalue weighted by Crippen LogP contribution is 2.28. The van der Waals surface area contributed by atoms with Crippen molar-refractivity contribution in [1.82, 2.24) is 5.32 Å². The van der Waals surface area contributed by atoms with Crippen LogP contribution in [0.25, 0.3) is 0 Å². The maximum Gasteiger partial charge on any atom is 0.303 e. The molecule has 10 nitrogen and oxygen atoms in total. The third kappa shape index (κ3) is 6.26. The van der Waals surface area contributed by atoms with Crippen molar-refractivity contribution in [1.29, 1.82) is 0 Å². The van der Waals surface area contributed by atoms with Gasteiger partial charge in [0.15, 0.2) is 18.5 Å². The average Bonchev–Trinajstić information content (AvgIpc) is 2.63. The summed E-state index contributed by atoms with van der Waals surface area (Å²) in [6.45, 7) is 3.39. The number of rotatable bonds is 7. The first-order valence-electron chi connectivity index (χ1n) is 8.82. The molecule has 1 aromatic rings. The van der Waals surface area contributed by atoms with Crippen molar-refractivity contribution in [3.8, 4) is 0 Å². The number of nitrogens with one attached hydrogen (secondary N) is 1. The highest BCUT2D eigenvalue weighted by Gasteiger charge is 2.51. The molecule has 0 radical (unpaired) electrons. The Balaban J connectivity index is 2.36. The predicted octanol–water partition coefficient (Wildman–Crippen LogP) is -0.954. The molecule has 1 amide bonds. The Kier molecular flexibility index (Phi) is 7.68. The Bertz CT molecular complexity index is 751. The van der Waals surface area contributed by atoms with Crippen LogP contribution in [0.1, 0.15) is 26.3 Å². The molecule has 0 aromatic heterocycles. The molecular formula is C19H22NO9-. The largest absolute Gasteiger partial charge is 0.547 e. The van der Waals surface area contributed by atoms with E-state index in [4.69, 9.17) is 18.9 Å². The summed E-state index contributed by atoms with van der Waals surface area (Å²) in [6.07, 6.45) is -6.03. The summed E-state index contributed by atoms with van der Waals surface area (Å²) >= 11 is 0. The lowest BCUT2D eigenvalue weighted by molar-refractivity contribution is -0.342. The number of carboxylic acid groups (broad SMARTS) is 1. The molecular weight excluding hydrogens is 386 g/mol. The van der Waals surface area contributed by atoms with E-state index in [0.29, 0.717) is 0 Å². The molecule has 2 rings (SSSR count). The summed E-state index contributed by atoms with van der Waals surface area (Å²) < 4.78 is 21.3. The fourth-order valence-electron chi connectivity index (χ4n) is 2.96. The second kappa shape index (κ2) is 9.99. The quantitative estimate of drug-likeness (QED) is 0.565. The van der Waals surface area contributed by atoms with E-state index in [0.717, 1.165) is 19.4 Å². The van der Waals surface area contributed by atoms with E-state index >= 15 is 0 Å². The van der Waals surface area contributed by atoms with Gasteiger partial charge >= 0.3 is 11.9 Å². The first-order valence-corrected chi connectivity index (χ1v) is 8.82. The smallest absolute Gasteiger partial charge is 0.303 e. The zero-order valence-corrected chi connectivity index (χ0v) is 16.2. The number of amides is 1. The topological polar surface area (TPSA) is 140 Å². The molecule has 1 aliphatic rings. The molecule has 0 aliphatic carbocycles. The molecule has 1 heterocycles. The van der Waals surface area contributed by atoms with Crippen molar-refractivity contribution in [3.63, 3.8) is 0 Å². The van der Waals surface area contributed by atoms with Gasteiger partial charge in [-0.25, -0.2) is 0 Å². The minimum absolute atomic E-state index is 0.0202. The molecule has 1 fully saturated rings. The van der Waals surface area contributed by atoms with E-state index < -0.39 is 54.5 Å². The average molecular weight is 408 g/mol. The second-order valence-corrected chi connectivity index (χ2v) is 6.42. The lowest BCUT2D eigenvalue weighted by Gasteiger charge is -2.45. The van der Waals surface area contributed by atoms with E-state index in [-0.39, 0.29) is 6.61 Å². The number of hydrogen-bond acceptors (Lipinski definition) is 9. The summed E-state index contributed by atoms with van der Waals surface area (Å²) in [5.41, 5.74) is 0.758. The molecule has 10 heteroatoms. The Morgan fingerprint density at radius 3 is 2.10 bits per heavy atom. The van der Waals surface area contributed by atoms with Crippen LogP contribution >= 0.6 is 0 Å². The van der Waals surface area contributed by atoms with Gasteiger partial charge < -0.3 is 34.2 Å². The molecule has 0 spiro atoms. The number of esters is 2. The van der Waals surface area contributed by atoms with Gasteiger partial charge in [-0.2, -0.15) is 0 Å². The fraction of sp³-hybridized carbons (Fsp3) is 0.474. The Hall–Kier alpha value is -2.98. The van der Waals surface area contributed by atoms with Crippen molar-refractivity contribution >= 4 is 23.8 Å². The molecule has 5 atom stereocenters. The third-order valence-corrected chi connectivity index (χ3v) is 4.01. The Labute approximate surface area is 167 Å². The van der Waals surface area contributed by atoms with Gasteiger partial charge in [-0.15, -0.1) is 0 Å². The molecule has 0 unspecified atom stereocenters. The second-order valence-electron chi connectivity index (χ2n) is 6.42. The van der Waals surface area contributed by atoms with Gasteiger partial charge in [-0.3, -0.25) is 14.4 Å². The van der Waals surface area contributed by atoms with Crippen LogP contribution in [0.15, 0.2) is 30.3 Å². The molecule has 0 bridgehead atoms. The fourth-order valence-corrected chi connectivity index (χ4v) is 2.96. The van der Waals surface area contributed by atoms with E-state index in [1.165, 1.54) is 6.92 Å². The molecule has 0 saturated carbocycles. The van der Waals surface area contributed by atoms with Gasteiger partial charge in [0.05, 0.1) is 12.6 Å². The maximum absolute atomic E-state index is 11.7. The number of carboxylic acids is 1. The lowest BCUT2D eigenvalue weighted by Crippen LogP contribution is -2.68. The van der Waals surface area contributed by atoms with Gasteiger partial charge in [0.25, 0.3) is 0 Å². The molecule has 1 saturated heterocycles. The third-order valence-electron chi connectivity index (χ3n) is 4.01. The first-order chi connectivity index (χ1) is 13.7. The zero-order valence-electron chi connectivity index (χ0n) is 16.2. The summed E-state index contributed by atoms with van der Waals surface area (Å²) in [5, 5.41) is 14.1. The number of hydrogen-bond donors (Lipinski definition) is 1. The van der Waals surface area contributed by atoms with Crippen LogP contribution in [0, 0.1) is 0 Å². The molecule has 1 aliphatic heterocycles. The van der Waals surface area contributed by atoms with Crippen molar-refractivity contribution in [2.45, 2.75) is 58.0 Å². The van der Waals surface area contributed by atoms with Crippen molar-refractivity contribution in [2.75, 3.05) is 0 Å². The van der Waals surface area contributed by atoms with Crippen LogP contribution in [-0.2, 0) is 44.7 Å². The van der Waals surface area contributed by atoms with Crippen LogP contribution in [0.3, 0.4) is 0 Å². The van der Waals surface area contributed by atoms with Crippen LogP contribution in [0.2, 0.25) is 0 Å². The minimum atomic E-state index is -1.78. The summed E-state index contributed by atoms with van der Waals surface area (Å²) in [7, 11) is 0. The predicted molar refractivity (Wildman–Crippen MR) is 93.6 cm³/mol. The number of benzene rings is 1. The lowest BCUT2D eigenvalue weighted by atomic mass is 9.95. The van der Waals surface area contributed by atoms with E-state index in [9.17, 15) is 24.3 Å². The van der Waals surface area contributed by atoms with E-state index in [2.05, 4.69) is 5.32 Å². The Morgan fingerprint density at radius 2 is 1.59 bits per heavy atom. The molecule has 29 heavy (non-hydrogen) atoms. The van der Waals surface area contributed by atoms with E-state index in [1.54, 1.807) is 24.3 Å². The van der Waals surface area contributed by atoms with Crippen molar-refractivity contribution in [2.24, 2.45) is 0 Å². The maximum atomic E-state index is 11.7. The number of aliphatic carboxylic acids is 1. The van der Waals surface area contributed by atoms with Crippen LogP contribution in [0.5, 0.6) is 0 Å². The standard InChI is InChI=1S/C19H23NO9/c1-10(21)20-14-15(27-11(2)22)16(28-12(3)23)17(18(24)25)29-19(14)26-9-13-7-5-4-6-8-13/h4-8,14-17,19H,9H2,1-3H3,(H,20,21)(H,24,25)/p-1/t14-,15-,16+,17-,19-/m1/s1. The highest BCUT2D eigenvalue weighted by atomic mass is 16.7. The number of carbonyl (C=O) groups excluding carboxylic acids is 4. The van der Waals surface area contributed by atoms with Crippen LogP contribution in [0.4, 0.5) is 0 Å². The van der Waals surface area contributed by atoms with Gasteiger partial charge in [-0.1, -0.05) is 30.3 Å². The minimum Gasteiger partial charge on any atom is -0.547 e. The normalized spacial score (nSPS) is 26.2. The van der Waals surface area contributed by atoms with E-state index in [1.807, 2.05) is 6.07 Å². The molecule has 1 aromatic carbocycles.